The Morgan fingerprint density at radius 3 is 1.11 bits per heavy atom. The van der Waals surface area contributed by atoms with Crippen LogP contribution in [0.3, 0.4) is 0 Å². The van der Waals surface area contributed by atoms with Gasteiger partial charge in [0, 0.05) is 17.1 Å². The first-order valence-corrected chi connectivity index (χ1v) is 13.8. The minimum Gasteiger partial charge on any atom is -0.448 e. The first-order valence-electron chi connectivity index (χ1n) is 13.8. The molecule has 0 saturated heterocycles. The predicted molar refractivity (Wildman–Crippen MR) is 167 cm³/mol. The smallest absolute Gasteiger partial charge is 0.411 e. The third-order valence-electron chi connectivity index (χ3n) is 7.09. The zero-order chi connectivity index (χ0) is 33.0. The van der Waals surface area contributed by atoms with Crippen molar-refractivity contribution in [3.8, 4) is 0 Å². The van der Waals surface area contributed by atoms with Crippen LogP contribution in [-0.4, -0.2) is 53.7 Å². The van der Waals surface area contributed by atoms with Crippen molar-refractivity contribution < 1.29 is 44.2 Å². The van der Waals surface area contributed by atoms with E-state index < -0.39 is 23.7 Å². The average Bonchev–Trinajstić information content (AvgIpc) is 3.03. The van der Waals surface area contributed by atoms with Gasteiger partial charge in [0.15, 0.2) is 0 Å². The molecule has 3 amide bonds. The van der Waals surface area contributed by atoms with Crippen molar-refractivity contribution in [3.63, 3.8) is 0 Å². The number of rotatable bonds is 13. The van der Waals surface area contributed by atoms with Crippen LogP contribution in [0.1, 0.15) is 30.0 Å². The lowest BCUT2D eigenvalue weighted by Crippen LogP contribution is -2.40. The minimum absolute atomic E-state index is 0.260. The van der Waals surface area contributed by atoms with Gasteiger partial charge < -0.3 is 14.2 Å². The molecular formula is C30H38N6O9. The second kappa shape index (κ2) is 16.0. The fourth-order valence-corrected chi connectivity index (χ4v) is 4.01. The molecule has 0 fully saturated rings. The molecule has 3 rings (SSSR count). The Bertz CT molecular complexity index is 1330. The van der Waals surface area contributed by atoms with Crippen molar-refractivity contribution in [1.82, 2.24) is 0 Å². The number of hydrogen-bond donors (Lipinski definition) is 9. The number of anilines is 6. The van der Waals surface area contributed by atoms with E-state index in [4.69, 9.17) is 14.2 Å². The summed E-state index contributed by atoms with van der Waals surface area (Å²) in [5.41, 5.74) is 9.44. The topological polar surface area (TPSA) is 212 Å². The van der Waals surface area contributed by atoms with Crippen LogP contribution in [-0.2, 0) is 14.2 Å². The van der Waals surface area contributed by atoms with E-state index in [9.17, 15) is 30.0 Å². The lowest BCUT2D eigenvalue weighted by atomic mass is 9.88. The minimum atomic E-state index is -1.16. The van der Waals surface area contributed by atoms with Crippen LogP contribution in [0.4, 0.5) is 48.5 Å². The van der Waals surface area contributed by atoms with Gasteiger partial charge in [-0.1, -0.05) is 25.1 Å². The van der Waals surface area contributed by atoms with Crippen molar-refractivity contribution in [2.75, 3.05) is 52.2 Å². The zero-order valence-electron chi connectivity index (χ0n) is 25.3. The van der Waals surface area contributed by atoms with Gasteiger partial charge in [0.25, 0.3) is 0 Å². The van der Waals surface area contributed by atoms with E-state index in [1.807, 2.05) is 16.4 Å². The third-order valence-corrected chi connectivity index (χ3v) is 7.09. The van der Waals surface area contributed by atoms with E-state index in [0.29, 0.717) is 34.1 Å². The summed E-state index contributed by atoms with van der Waals surface area (Å²) in [5, 5.41) is 35.5. The summed E-state index contributed by atoms with van der Waals surface area (Å²) in [6.45, 7) is 6.14. The van der Waals surface area contributed by atoms with Crippen LogP contribution in [0.5, 0.6) is 0 Å². The van der Waals surface area contributed by atoms with E-state index in [2.05, 4.69) is 16.0 Å². The lowest BCUT2D eigenvalue weighted by Gasteiger charge is -2.31. The molecule has 0 bridgehead atoms. The number of hydrogen-bond acceptors (Lipinski definition) is 12. The summed E-state index contributed by atoms with van der Waals surface area (Å²) in [5.74, 6) is 0. The van der Waals surface area contributed by atoms with Crippen LogP contribution in [0.2, 0.25) is 0 Å². The Kier molecular flexibility index (Phi) is 12.2. The second-order valence-corrected chi connectivity index (χ2v) is 10.4. The van der Waals surface area contributed by atoms with Crippen LogP contribution in [0.15, 0.2) is 54.6 Å². The van der Waals surface area contributed by atoms with Crippen molar-refractivity contribution >= 4 is 52.4 Å². The van der Waals surface area contributed by atoms with Crippen molar-refractivity contribution in [1.29, 1.82) is 0 Å². The molecular weight excluding hydrogens is 588 g/mol. The molecule has 0 radical (unpaired) electrons. The number of benzene rings is 3. The summed E-state index contributed by atoms with van der Waals surface area (Å²) >= 11 is 0. The molecule has 0 aliphatic carbocycles. The predicted octanol–water partition coefficient (Wildman–Crippen LogP) is 6.46. The molecule has 0 aliphatic rings. The maximum atomic E-state index is 12.7. The molecule has 0 spiro atoms. The van der Waals surface area contributed by atoms with Gasteiger partial charge in [-0.3, -0.25) is 48.0 Å². The number of carbonyl (C=O) groups is 3. The fraction of sp³-hybridized carbons (Fsp3) is 0.300. The molecule has 15 nitrogen and oxygen atoms in total. The number of nitrogens with one attached hydrogen (secondary N) is 6. The van der Waals surface area contributed by atoms with Crippen molar-refractivity contribution in [2.24, 2.45) is 5.41 Å². The standard InChI is InChI=1S/C30H38N6O9/c1-5-30(15-43-27(37)31-21-9-6-18(2)24(12-21)34-40,16-44-28(38)32-22-10-7-19(3)25(13-22)35-41)17-45-29(39)33-23-11-8-20(4)26(14-23)36-42/h6-14,34-36,40-42H,5,15-17H2,1-4H3,(H,31,37)(H,32,38)(H,33,39). The molecule has 3 aromatic rings. The highest BCUT2D eigenvalue weighted by Gasteiger charge is 2.34. The lowest BCUT2D eigenvalue weighted by molar-refractivity contribution is -0.0104. The number of amides is 3. The molecule has 9 N–H and O–H groups in total. The highest BCUT2D eigenvalue weighted by Crippen LogP contribution is 2.27. The number of aryl methyl sites for hydroxylation is 3. The maximum absolute atomic E-state index is 12.7. The Labute approximate surface area is 259 Å². The summed E-state index contributed by atoms with van der Waals surface area (Å²) in [4.78, 5) is 38.1. The molecule has 0 saturated carbocycles. The average molecular weight is 627 g/mol. The van der Waals surface area contributed by atoms with Gasteiger partial charge in [0.05, 0.1) is 22.5 Å². The van der Waals surface area contributed by atoms with E-state index in [1.54, 1.807) is 64.1 Å². The van der Waals surface area contributed by atoms with E-state index >= 15 is 0 Å². The van der Waals surface area contributed by atoms with E-state index in [0.717, 1.165) is 16.7 Å². The van der Waals surface area contributed by atoms with Gasteiger partial charge in [-0.25, -0.2) is 14.4 Å². The molecule has 0 aliphatic heterocycles. The Hall–Kier alpha value is -5.25. The van der Waals surface area contributed by atoms with E-state index in [1.165, 1.54) is 18.2 Å². The highest BCUT2D eigenvalue weighted by molar-refractivity contribution is 5.87. The summed E-state index contributed by atoms with van der Waals surface area (Å²) in [7, 11) is 0. The van der Waals surface area contributed by atoms with Crippen molar-refractivity contribution in [2.45, 2.75) is 34.1 Å². The molecule has 0 atom stereocenters. The molecule has 0 unspecified atom stereocenters. The van der Waals surface area contributed by atoms with Crippen LogP contribution in [0.25, 0.3) is 0 Å². The fourth-order valence-electron chi connectivity index (χ4n) is 4.01. The third kappa shape index (κ3) is 9.89. The van der Waals surface area contributed by atoms with Crippen LogP contribution in [0, 0.1) is 26.2 Å². The van der Waals surface area contributed by atoms with Gasteiger partial charge in [0.2, 0.25) is 0 Å². The Morgan fingerprint density at radius 2 is 0.867 bits per heavy atom. The maximum Gasteiger partial charge on any atom is 0.411 e. The number of ether oxygens (including phenoxy) is 3. The normalized spacial score (nSPS) is 10.7. The van der Waals surface area contributed by atoms with Gasteiger partial charge >= 0.3 is 18.3 Å². The summed E-state index contributed by atoms with van der Waals surface area (Å²) in [6, 6.07) is 14.5. The summed E-state index contributed by atoms with van der Waals surface area (Å²) in [6.07, 6.45) is -2.23. The van der Waals surface area contributed by atoms with Gasteiger partial charge in [-0.05, 0) is 80.3 Å². The summed E-state index contributed by atoms with van der Waals surface area (Å²) < 4.78 is 16.4. The van der Waals surface area contributed by atoms with Gasteiger partial charge in [0.1, 0.15) is 19.8 Å². The van der Waals surface area contributed by atoms with E-state index in [-0.39, 0.29) is 26.2 Å². The molecule has 3 aromatic carbocycles. The van der Waals surface area contributed by atoms with Gasteiger partial charge in [-0.15, -0.1) is 0 Å². The van der Waals surface area contributed by atoms with Crippen molar-refractivity contribution in [3.05, 3.63) is 71.3 Å². The highest BCUT2D eigenvalue weighted by atomic mass is 16.6. The Balaban J connectivity index is 1.70. The Morgan fingerprint density at radius 1 is 0.578 bits per heavy atom. The first kappa shape index (κ1) is 34.2. The molecule has 0 aromatic heterocycles. The first-order chi connectivity index (χ1) is 21.5. The van der Waals surface area contributed by atoms with Crippen LogP contribution >= 0.6 is 0 Å². The molecule has 15 heteroatoms. The van der Waals surface area contributed by atoms with Gasteiger partial charge in [-0.2, -0.15) is 0 Å². The quantitative estimate of drug-likeness (QED) is 0.0739. The molecule has 0 heterocycles. The molecule has 45 heavy (non-hydrogen) atoms. The SMILES string of the molecule is CCC(COC(=O)Nc1ccc(C)c(NO)c1)(COC(=O)Nc1ccc(C)c(NO)c1)COC(=O)Nc1ccc(C)c(NO)c1. The number of carbonyl (C=O) groups excluding carboxylic acids is 3. The second-order valence-electron chi connectivity index (χ2n) is 10.4. The monoisotopic (exact) mass is 626 g/mol. The zero-order valence-corrected chi connectivity index (χ0v) is 25.3. The molecule has 242 valence electrons. The largest absolute Gasteiger partial charge is 0.448 e. The van der Waals surface area contributed by atoms with Crippen LogP contribution < -0.4 is 32.4 Å².